The van der Waals surface area contributed by atoms with E-state index in [0.29, 0.717) is 6.42 Å². The number of Topliss-reactive ketones (excluding diaryl/α,β-unsaturated/α-hetero) is 1. The summed E-state index contributed by atoms with van der Waals surface area (Å²) in [5.74, 6) is 0.171. The number of ketones is 1. The molecule has 0 aliphatic carbocycles. The molecule has 0 radical (unpaired) electrons. The first-order chi connectivity index (χ1) is 7.45. The van der Waals surface area contributed by atoms with Gasteiger partial charge in [-0.3, -0.25) is 4.79 Å². The van der Waals surface area contributed by atoms with Gasteiger partial charge in [0.05, 0.1) is 0 Å². The Hall–Kier alpha value is -1.15. The van der Waals surface area contributed by atoms with Gasteiger partial charge in [-0.1, -0.05) is 24.6 Å². The van der Waals surface area contributed by atoms with E-state index in [4.69, 9.17) is 5.73 Å². The highest BCUT2D eigenvalue weighted by Gasteiger charge is 2.15. The summed E-state index contributed by atoms with van der Waals surface area (Å²) in [4.78, 5) is 12.1. The van der Waals surface area contributed by atoms with E-state index < -0.39 is 0 Å². The Bertz CT molecular complexity index is 373. The van der Waals surface area contributed by atoms with Crippen LogP contribution in [0.1, 0.15) is 46.8 Å². The second kappa shape index (κ2) is 5.26. The predicted octanol–water partition coefficient (Wildman–Crippen LogP) is 2.92. The van der Waals surface area contributed by atoms with Crippen molar-refractivity contribution in [3.05, 3.63) is 34.4 Å². The number of nitrogens with two attached hydrogens (primary N) is 1. The Kier molecular flexibility index (Phi) is 4.25. The normalized spacial score (nSPS) is 12.6. The summed E-state index contributed by atoms with van der Waals surface area (Å²) < 4.78 is 0. The van der Waals surface area contributed by atoms with Crippen LogP contribution in [0.25, 0.3) is 0 Å². The molecule has 1 aromatic carbocycles. The van der Waals surface area contributed by atoms with Gasteiger partial charge in [-0.25, -0.2) is 0 Å². The Morgan fingerprint density at radius 2 is 1.75 bits per heavy atom. The lowest BCUT2D eigenvalue weighted by Gasteiger charge is -2.12. The second-order valence-corrected chi connectivity index (χ2v) is 4.57. The number of benzene rings is 1. The van der Waals surface area contributed by atoms with Gasteiger partial charge in [-0.15, -0.1) is 0 Å². The Labute approximate surface area is 97.9 Å². The maximum atomic E-state index is 12.1. The topological polar surface area (TPSA) is 43.1 Å². The molecular formula is C14H21NO. The van der Waals surface area contributed by atoms with Gasteiger partial charge in [0.25, 0.3) is 0 Å². The highest BCUT2D eigenvalue weighted by molar-refractivity contribution is 5.99. The Morgan fingerprint density at radius 1 is 1.25 bits per heavy atom. The van der Waals surface area contributed by atoms with E-state index in [9.17, 15) is 4.79 Å². The number of hydrogen-bond donors (Lipinski definition) is 1. The fourth-order valence-electron chi connectivity index (χ4n) is 2.10. The van der Waals surface area contributed by atoms with Crippen molar-refractivity contribution in [1.82, 2.24) is 0 Å². The van der Waals surface area contributed by atoms with Crippen LogP contribution in [-0.2, 0) is 0 Å². The molecule has 16 heavy (non-hydrogen) atoms. The molecule has 0 saturated carbocycles. The highest BCUT2D eigenvalue weighted by Crippen LogP contribution is 2.18. The van der Waals surface area contributed by atoms with Gasteiger partial charge < -0.3 is 5.73 Å². The molecule has 0 heterocycles. The SMILES string of the molecule is CCC(N)CC(=O)c1c(C)cc(C)cc1C. The van der Waals surface area contributed by atoms with Crippen LogP contribution in [0.3, 0.4) is 0 Å². The van der Waals surface area contributed by atoms with Crippen LogP contribution in [0.4, 0.5) is 0 Å². The van der Waals surface area contributed by atoms with Crippen molar-refractivity contribution in [2.75, 3.05) is 0 Å². The van der Waals surface area contributed by atoms with Crippen LogP contribution < -0.4 is 5.73 Å². The second-order valence-electron chi connectivity index (χ2n) is 4.57. The number of carbonyl (C=O) groups excluding carboxylic acids is 1. The van der Waals surface area contributed by atoms with Gasteiger partial charge in [0.15, 0.2) is 5.78 Å². The van der Waals surface area contributed by atoms with Crippen LogP contribution >= 0.6 is 0 Å². The van der Waals surface area contributed by atoms with Crippen LogP contribution in [0.15, 0.2) is 12.1 Å². The lowest BCUT2D eigenvalue weighted by molar-refractivity contribution is 0.0972. The maximum absolute atomic E-state index is 12.1. The molecule has 0 saturated heterocycles. The maximum Gasteiger partial charge on any atom is 0.164 e. The minimum atomic E-state index is -0.0207. The van der Waals surface area contributed by atoms with Gasteiger partial charge in [-0.05, 0) is 38.3 Å². The zero-order valence-corrected chi connectivity index (χ0v) is 10.6. The first-order valence-corrected chi connectivity index (χ1v) is 5.82. The Balaban J connectivity index is 3.00. The van der Waals surface area contributed by atoms with E-state index in [-0.39, 0.29) is 11.8 Å². The van der Waals surface area contributed by atoms with Crippen molar-refractivity contribution >= 4 is 5.78 Å². The lowest BCUT2D eigenvalue weighted by atomic mass is 9.93. The van der Waals surface area contributed by atoms with E-state index in [1.54, 1.807) is 0 Å². The van der Waals surface area contributed by atoms with Crippen LogP contribution in [0.5, 0.6) is 0 Å². The van der Waals surface area contributed by atoms with Crippen LogP contribution in [0, 0.1) is 20.8 Å². The van der Waals surface area contributed by atoms with Gasteiger partial charge in [0.2, 0.25) is 0 Å². The molecule has 0 aliphatic rings. The zero-order chi connectivity index (χ0) is 12.3. The molecule has 0 aliphatic heterocycles. The molecule has 1 aromatic rings. The molecule has 0 aromatic heterocycles. The van der Waals surface area contributed by atoms with E-state index in [1.165, 1.54) is 5.56 Å². The molecule has 2 N–H and O–H groups in total. The number of hydrogen-bond acceptors (Lipinski definition) is 2. The van der Waals surface area contributed by atoms with E-state index in [0.717, 1.165) is 23.1 Å². The smallest absolute Gasteiger partial charge is 0.164 e. The summed E-state index contributed by atoms with van der Waals surface area (Å²) in [6.07, 6.45) is 1.29. The van der Waals surface area contributed by atoms with Crippen molar-refractivity contribution < 1.29 is 4.79 Å². The van der Waals surface area contributed by atoms with E-state index >= 15 is 0 Å². The summed E-state index contributed by atoms with van der Waals surface area (Å²) in [7, 11) is 0. The monoisotopic (exact) mass is 219 g/mol. The molecule has 0 fully saturated rings. The van der Waals surface area contributed by atoms with Crippen molar-refractivity contribution in [2.45, 2.75) is 46.6 Å². The van der Waals surface area contributed by atoms with E-state index in [1.807, 2.05) is 27.7 Å². The summed E-state index contributed by atoms with van der Waals surface area (Å²) >= 11 is 0. The number of rotatable bonds is 4. The first kappa shape index (κ1) is 12.9. The third-order valence-corrected chi connectivity index (χ3v) is 2.93. The van der Waals surface area contributed by atoms with Gasteiger partial charge in [-0.2, -0.15) is 0 Å². The molecule has 0 bridgehead atoms. The quantitative estimate of drug-likeness (QED) is 0.791. The van der Waals surface area contributed by atoms with Crippen molar-refractivity contribution in [3.8, 4) is 0 Å². The number of aryl methyl sites for hydroxylation is 3. The minimum absolute atomic E-state index is 0.0207. The highest BCUT2D eigenvalue weighted by atomic mass is 16.1. The molecule has 1 unspecified atom stereocenters. The molecule has 2 nitrogen and oxygen atoms in total. The fourth-order valence-corrected chi connectivity index (χ4v) is 2.10. The first-order valence-electron chi connectivity index (χ1n) is 5.82. The molecule has 0 spiro atoms. The van der Waals surface area contributed by atoms with E-state index in [2.05, 4.69) is 12.1 Å². The third-order valence-electron chi connectivity index (χ3n) is 2.93. The number of carbonyl (C=O) groups is 1. The molecule has 0 amide bonds. The van der Waals surface area contributed by atoms with Crippen LogP contribution in [-0.4, -0.2) is 11.8 Å². The van der Waals surface area contributed by atoms with Gasteiger partial charge in [0.1, 0.15) is 0 Å². The fraction of sp³-hybridized carbons (Fsp3) is 0.500. The average molecular weight is 219 g/mol. The summed E-state index contributed by atoms with van der Waals surface area (Å²) in [5, 5.41) is 0. The van der Waals surface area contributed by atoms with Gasteiger partial charge in [0, 0.05) is 18.0 Å². The average Bonchev–Trinajstić information content (AvgIpc) is 2.15. The molecule has 1 atom stereocenters. The third kappa shape index (κ3) is 2.92. The summed E-state index contributed by atoms with van der Waals surface area (Å²) in [6.45, 7) is 8.04. The molecule has 2 heteroatoms. The zero-order valence-electron chi connectivity index (χ0n) is 10.6. The Morgan fingerprint density at radius 3 is 2.19 bits per heavy atom. The van der Waals surface area contributed by atoms with Crippen LogP contribution in [0.2, 0.25) is 0 Å². The van der Waals surface area contributed by atoms with Crippen molar-refractivity contribution in [3.63, 3.8) is 0 Å². The summed E-state index contributed by atoms with van der Waals surface area (Å²) in [5.41, 5.74) is 10.00. The van der Waals surface area contributed by atoms with Gasteiger partial charge >= 0.3 is 0 Å². The summed E-state index contributed by atoms with van der Waals surface area (Å²) in [6, 6.07) is 4.09. The molecule has 88 valence electrons. The standard InChI is InChI=1S/C14H21NO/c1-5-12(15)8-13(16)14-10(3)6-9(2)7-11(14)4/h6-7,12H,5,8,15H2,1-4H3. The molecular weight excluding hydrogens is 198 g/mol. The lowest BCUT2D eigenvalue weighted by Crippen LogP contribution is -2.23. The van der Waals surface area contributed by atoms with Crippen molar-refractivity contribution in [1.29, 1.82) is 0 Å². The minimum Gasteiger partial charge on any atom is -0.327 e. The molecule has 1 rings (SSSR count). The largest absolute Gasteiger partial charge is 0.327 e. The van der Waals surface area contributed by atoms with Crippen molar-refractivity contribution in [2.24, 2.45) is 5.73 Å². The predicted molar refractivity (Wildman–Crippen MR) is 67.9 cm³/mol.